The molecule has 224 valence electrons. The van der Waals surface area contributed by atoms with Gasteiger partial charge in [-0.15, -0.1) is 0 Å². The number of nitrogens with one attached hydrogen (secondary N) is 3. The van der Waals surface area contributed by atoms with Crippen molar-refractivity contribution < 1.29 is 29.0 Å². The van der Waals surface area contributed by atoms with Crippen LogP contribution in [0.4, 0.5) is 9.59 Å². The topological polar surface area (TPSA) is 129 Å². The molecule has 3 atom stereocenters. The average molecular weight is 577 g/mol. The van der Waals surface area contributed by atoms with Crippen LogP contribution in [0.25, 0.3) is 0 Å². The lowest BCUT2D eigenvalue weighted by Crippen LogP contribution is -2.57. The van der Waals surface area contributed by atoms with Crippen LogP contribution < -0.4 is 16.1 Å². The molecular weight excluding hydrogens is 536 g/mol. The molecule has 42 heavy (non-hydrogen) atoms. The molecule has 0 saturated carbocycles. The van der Waals surface area contributed by atoms with E-state index in [9.17, 15) is 19.5 Å². The number of aliphatic hydroxyl groups excluding tert-OH is 1. The third-order valence-electron chi connectivity index (χ3n) is 6.58. The van der Waals surface area contributed by atoms with Gasteiger partial charge in [0.15, 0.2) is 0 Å². The number of ether oxygens (including phenoxy) is 2. The Morgan fingerprint density at radius 3 is 1.88 bits per heavy atom. The van der Waals surface area contributed by atoms with E-state index >= 15 is 0 Å². The zero-order chi connectivity index (χ0) is 30.3. The van der Waals surface area contributed by atoms with Gasteiger partial charge in [0.05, 0.1) is 19.3 Å². The standard InChI is InChI=1S/C32H40N4O6/c1-23(2)29(34-31(39)41-3)30(38)35-36(20-25-15-9-5-10-16-25)21-28(37)27(19-24-13-7-4-8-14-24)33-32(40)42-22-26-17-11-6-12-18-26/h4-18,23,27-29,37H,19-22H2,1-3H3,(H,33,40)(H,34,39)(H,35,38)/t27-,28-,29-/m0/s1. The van der Waals surface area contributed by atoms with Gasteiger partial charge in [-0.1, -0.05) is 105 Å². The number of nitrogens with zero attached hydrogens (tertiary/aromatic N) is 1. The summed E-state index contributed by atoms with van der Waals surface area (Å²) in [5.41, 5.74) is 5.48. The molecule has 0 radical (unpaired) electrons. The molecule has 0 unspecified atom stereocenters. The highest BCUT2D eigenvalue weighted by atomic mass is 16.5. The molecule has 0 spiro atoms. The number of hydrogen-bond acceptors (Lipinski definition) is 7. The number of hydrogen-bond donors (Lipinski definition) is 4. The van der Waals surface area contributed by atoms with E-state index in [0.717, 1.165) is 16.7 Å². The Kier molecular flexibility index (Phi) is 12.8. The van der Waals surface area contributed by atoms with E-state index in [-0.39, 0.29) is 25.6 Å². The molecule has 10 heteroatoms. The normalized spacial score (nSPS) is 13.1. The first kappa shape index (κ1) is 32.1. The summed E-state index contributed by atoms with van der Waals surface area (Å²) >= 11 is 0. The molecule has 0 aliphatic rings. The van der Waals surface area contributed by atoms with Crippen molar-refractivity contribution in [3.8, 4) is 0 Å². The monoisotopic (exact) mass is 576 g/mol. The van der Waals surface area contributed by atoms with E-state index in [1.807, 2.05) is 91.0 Å². The fourth-order valence-corrected chi connectivity index (χ4v) is 4.32. The number of carbonyl (C=O) groups excluding carboxylic acids is 3. The quantitative estimate of drug-likeness (QED) is 0.215. The predicted octanol–water partition coefficient (Wildman–Crippen LogP) is 3.80. The van der Waals surface area contributed by atoms with Crippen LogP contribution in [-0.4, -0.2) is 60.1 Å². The number of aliphatic hydroxyl groups is 1. The molecule has 0 aromatic heterocycles. The summed E-state index contributed by atoms with van der Waals surface area (Å²) in [7, 11) is 1.23. The van der Waals surface area contributed by atoms with Crippen LogP contribution in [0.5, 0.6) is 0 Å². The van der Waals surface area contributed by atoms with Gasteiger partial charge in [0.25, 0.3) is 5.91 Å². The van der Waals surface area contributed by atoms with Crippen molar-refractivity contribution in [3.63, 3.8) is 0 Å². The van der Waals surface area contributed by atoms with Crippen LogP contribution in [0.1, 0.15) is 30.5 Å². The fourth-order valence-electron chi connectivity index (χ4n) is 4.32. The van der Waals surface area contributed by atoms with Crippen LogP contribution in [0, 0.1) is 5.92 Å². The molecule has 0 saturated heterocycles. The molecule has 0 aliphatic carbocycles. The van der Waals surface area contributed by atoms with Crippen molar-refractivity contribution in [1.29, 1.82) is 0 Å². The third kappa shape index (κ3) is 10.9. The van der Waals surface area contributed by atoms with Crippen molar-refractivity contribution >= 4 is 18.1 Å². The first-order chi connectivity index (χ1) is 20.2. The van der Waals surface area contributed by atoms with Crippen LogP contribution in [0.2, 0.25) is 0 Å². The fraction of sp³-hybridized carbons (Fsp3) is 0.344. The van der Waals surface area contributed by atoms with Gasteiger partial charge in [-0.2, -0.15) is 0 Å². The maximum absolute atomic E-state index is 13.3. The first-order valence-corrected chi connectivity index (χ1v) is 13.9. The molecule has 3 aromatic carbocycles. The van der Waals surface area contributed by atoms with Crippen molar-refractivity contribution in [2.24, 2.45) is 5.92 Å². The summed E-state index contributed by atoms with van der Waals surface area (Å²) in [5.74, 6) is -0.701. The maximum Gasteiger partial charge on any atom is 0.407 e. The van der Waals surface area contributed by atoms with E-state index in [0.29, 0.717) is 6.42 Å². The summed E-state index contributed by atoms with van der Waals surface area (Å²) in [4.78, 5) is 38.0. The van der Waals surface area contributed by atoms with Crippen LogP contribution >= 0.6 is 0 Å². The lowest BCUT2D eigenvalue weighted by Gasteiger charge is -2.32. The lowest BCUT2D eigenvalue weighted by atomic mass is 10.0. The Bertz CT molecular complexity index is 1240. The molecule has 3 amide bonds. The smallest absolute Gasteiger partial charge is 0.407 e. The number of amides is 3. The minimum Gasteiger partial charge on any atom is -0.453 e. The second kappa shape index (κ2) is 16.8. The predicted molar refractivity (Wildman–Crippen MR) is 159 cm³/mol. The molecule has 0 heterocycles. The number of carbonyl (C=O) groups is 3. The van der Waals surface area contributed by atoms with Crippen molar-refractivity contribution in [3.05, 3.63) is 108 Å². The number of alkyl carbamates (subject to hydrolysis) is 2. The SMILES string of the molecule is COC(=O)N[C@H](C(=O)NN(Cc1ccccc1)C[C@H](O)[C@H](Cc1ccccc1)NC(=O)OCc1ccccc1)C(C)C. The first-order valence-electron chi connectivity index (χ1n) is 13.9. The number of benzene rings is 3. The molecule has 4 N–H and O–H groups in total. The molecule has 10 nitrogen and oxygen atoms in total. The maximum atomic E-state index is 13.3. The van der Waals surface area contributed by atoms with Gasteiger partial charge in [0, 0.05) is 13.1 Å². The van der Waals surface area contributed by atoms with Gasteiger partial charge in [-0.05, 0) is 29.0 Å². The van der Waals surface area contributed by atoms with Crippen molar-refractivity contribution in [1.82, 2.24) is 21.1 Å². The molecule has 3 rings (SSSR count). The van der Waals surface area contributed by atoms with Gasteiger partial charge < -0.3 is 25.2 Å². The summed E-state index contributed by atoms with van der Waals surface area (Å²) in [6, 6.07) is 26.6. The van der Waals surface area contributed by atoms with Gasteiger partial charge in [0.1, 0.15) is 12.6 Å². The average Bonchev–Trinajstić information content (AvgIpc) is 2.99. The molecule has 0 fully saturated rings. The number of hydrazine groups is 1. The van der Waals surface area contributed by atoms with E-state index in [4.69, 9.17) is 4.74 Å². The Labute approximate surface area is 247 Å². The second-order valence-electron chi connectivity index (χ2n) is 10.3. The van der Waals surface area contributed by atoms with Gasteiger partial charge in [0.2, 0.25) is 0 Å². The van der Waals surface area contributed by atoms with Gasteiger partial charge >= 0.3 is 12.2 Å². The minimum absolute atomic E-state index is 0.0276. The summed E-state index contributed by atoms with van der Waals surface area (Å²) in [6.45, 7) is 3.93. The van der Waals surface area contributed by atoms with E-state index in [1.54, 1.807) is 18.9 Å². The van der Waals surface area contributed by atoms with Gasteiger partial charge in [-0.25, -0.2) is 14.6 Å². The Morgan fingerprint density at radius 2 is 1.33 bits per heavy atom. The van der Waals surface area contributed by atoms with Gasteiger partial charge in [-0.3, -0.25) is 10.2 Å². The van der Waals surface area contributed by atoms with Crippen LogP contribution in [-0.2, 0) is 33.8 Å². The molecule has 0 aliphatic heterocycles. The highest BCUT2D eigenvalue weighted by Crippen LogP contribution is 2.12. The highest BCUT2D eigenvalue weighted by Gasteiger charge is 2.29. The van der Waals surface area contributed by atoms with E-state index in [1.165, 1.54) is 7.11 Å². The summed E-state index contributed by atoms with van der Waals surface area (Å²) < 4.78 is 10.1. The highest BCUT2D eigenvalue weighted by molar-refractivity contribution is 5.85. The van der Waals surface area contributed by atoms with Crippen molar-refractivity contribution in [2.75, 3.05) is 13.7 Å². The van der Waals surface area contributed by atoms with Crippen molar-refractivity contribution in [2.45, 2.75) is 51.6 Å². The Balaban J connectivity index is 1.77. The van der Waals surface area contributed by atoms with E-state index < -0.39 is 36.3 Å². The summed E-state index contributed by atoms with van der Waals surface area (Å²) in [5, 5.41) is 18.4. The number of methoxy groups -OCH3 is 1. The zero-order valence-corrected chi connectivity index (χ0v) is 24.2. The molecule has 0 bridgehead atoms. The van der Waals surface area contributed by atoms with Crippen LogP contribution in [0.3, 0.4) is 0 Å². The summed E-state index contributed by atoms with van der Waals surface area (Å²) in [6.07, 6.45) is -2.17. The molecular formula is C32H40N4O6. The zero-order valence-electron chi connectivity index (χ0n) is 24.2. The minimum atomic E-state index is -1.11. The Hall–Kier alpha value is -4.41. The Morgan fingerprint density at radius 1 is 0.786 bits per heavy atom. The lowest BCUT2D eigenvalue weighted by molar-refractivity contribution is -0.130. The third-order valence-corrected chi connectivity index (χ3v) is 6.58. The van der Waals surface area contributed by atoms with Crippen LogP contribution in [0.15, 0.2) is 91.0 Å². The largest absolute Gasteiger partial charge is 0.453 e. The van der Waals surface area contributed by atoms with E-state index in [2.05, 4.69) is 20.8 Å². The molecule has 3 aromatic rings. The second-order valence-corrected chi connectivity index (χ2v) is 10.3. The number of rotatable bonds is 14.